The SMILES string of the molecule is CN=C(NCCc1nc(C(F)(F)F)cs1)NCCc1nc(C)c(C)s1. The van der Waals surface area contributed by atoms with Gasteiger partial charge in [0.15, 0.2) is 11.7 Å². The Morgan fingerprint density at radius 2 is 1.76 bits per heavy atom. The highest BCUT2D eigenvalue weighted by atomic mass is 32.1. The van der Waals surface area contributed by atoms with E-state index in [1.807, 2.05) is 13.8 Å². The van der Waals surface area contributed by atoms with Gasteiger partial charge in [-0.3, -0.25) is 4.99 Å². The van der Waals surface area contributed by atoms with Crippen LogP contribution in [0.4, 0.5) is 13.2 Å². The molecule has 0 aliphatic carbocycles. The molecule has 0 aromatic carbocycles. The van der Waals surface area contributed by atoms with Gasteiger partial charge >= 0.3 is 6.18 Å². The summed E-state index contributed by atoms with van der Waals surface area (Å²) in [4.78, 5) is 13.4. The molecule has 2 aromatic rings. The van der Waals surface area contributed by atoms with Crippen LogP contribution in [0.3, 0.4) is 0 Å². The van der Waals surface area contributed by atoms with E-state index >= 15 is 0 Å². The van der Waals surface area contributed by atoms with Crippen molar-refractivity contribution in [2.75, 3.05) is 20.1 Å². The first-order valence-electron chi connectivity index (χ1n) is 7.68. The molecule has 0 aliphatic heterocycles. The maximum Gasteiger partial charge on any atom is 0.434 e. The Morgan fingerprint density at radius 3 is 2.24 bits per heavy atom. The van der Waals surface area contributed by atoms with Crippen LogP contribution in [0.2, 0.25) is 0 Å². The van der Waals surface area contributed by atoms with E-state index in [2.05, 4.69) is 25.6 Å². The topological polar surface area (TPSA) is 62.2 Å². The van der Waals surface area contributed by atoms with Crippen LogP contribution in [0.1, 0.15) is 26.3 Å². The number of rotatable bonds is 6. The summed E-state index contributed by atoms with van der Waals surface area (Å²) in [6, 6.07) is 0. The maximum absolute atomic E-state index is 12.5. The molecule has 0 aliphatic rings. The monoisotopic (exact) mass is 391 g/mol. The number of hydrogen-bond acceptors (Lipinski definition) is 5. The van der Waals surface area contributed by atoms with Crippen LogP contribution in [0.15, 0.2) is 10.4 Å². The number of nitrogens with one attached hydrogen (secondary N) is 2. The third-order valence-electron chi connectivity index (χ3n) is 3.40. The minimum Gasteiger partial charge on any atom is -0.356 e. The molecule has 0 fully saturated rings. The van der Waals surface area contributed by atoms with E-state index in [1.54, 1.807) is 18.4 Å². The van der Waals surface area contributed by atoms with Crippen LogP contribution in [0.5, 0.6) is 0 Å². The molecule has 0 bridgehead atoms. The predicted molar refractivity (Wildman–Crippen MR) is 95.5 cm³/mol. The molecule has 0 spiro atoms. The second-order valence-electron chi connectivity index (χ2n) is 5.30. The van der Waals surface area contributed by atoms with Gasteiger partial charge in [0, 0.05) is 43.2 Å². The Hall–Kier alpha value is -1.68. The van der Waals surface area contributed by atoms with Crippen molar-refractivity contribution >= 4 is 28.6 Å². The zero-order valence-corrected chi connectivity index (χ0v) is 15.8. The smallest absolute Gasteiger partial charge is 0.356 e. The summed E-state index contributed by atoms with van der Waals surface area (Å²) in [7, 11) is 1.65. The molecule has 0 saturated heterocycles. The van der Waals surface area contributed by atoms with Crippen molar-refractivity contribution in [2.24, 2.45) is 4.99 Å². The molecule has 0 saturated carbocycles. The van der Waals surface area contributed by atoms with Gasteiger partial charge in [0.25, 0.3) is 0 Å². The van der Waals surface area contributed by atoms with E-state index < -0.39 is 11.9 Å². The molecule has 2 heterocycles. The standard InChI is InChI=1S/C15H20F3N5S2/c1-9-10(2)25-13(22-9)5-7-21-14(19-3)20-6-4-12-23-11(8-24-12)15(16,17)18/h8H,4-7H2,1-3H3,(H2,19,20,21). The van der Waals surface area contributed by atoms with E-state index in [1.165, 1.54) is 4.88 Å². The van der Waals surface area contributed by atoms with Crippen LogP contribution in [-0.2, 0) is 19.0 Å². The average Bonchev–Trinajstić information content (AvgIpc) is 3.13. The maximum atomic E-state index is 12.5. The normalized spacial score (nSPS) is 12.5. The number of nitrogens with zero attached hydrogens (tertiary/aromatic N) is 3. The summed E-state index contributed by atoms with van der Waals surface area (Å²) in [5, 5.41) is 8.81. The zero-order valence-electron chi connectivity index (χ0n) is 14.2. The van der Waals surface area contributed by atoms with Gasteiger partial charge in [-0.2, -0.15) is 13.2 Å². The molecule has 0 amide bonds. The lowest BCUT2D eigenvalue weighted by Gasteiger charge is -2.10. The van der Waals surface area contributed by atoms with Crippen LogP contribution in [0, 0.1) is 13.8 Å². The highest BCUT2D eigenvalue weighted by Crippen LogP contribution is 2.29. The largest absolute Gasteiger partial charge is 0.434 e. The molecule has 5 nitrogen and oxygen atoms in total. The van der Waals surface area contributed by atoms with Gasteiger partial charge < -0.3 is 10.6 Å². The Bertz CT molecular complexity index is 702. The fraction of sp³-hybridized carbons (Fsp3) is 0.533. The lowest BCUT2D eigenvalue weighted by atomic mass is 10.4. The molecule has 0 radical (unpaired) electrons. The lowest BCUT2D eigenvalue weighted by molar-refractivity contribution is -0.140. The fourth-order valence-corrected chi connectivity index (χ4v) is 3.74. The third kappa shape index (κ3) is 5.96. The van der Waals surface area contributed by atoms with Crippen LogP contribution in [-0.4, -0.2) is 36.1 Å². The number of hydrogen-bond donors (Lipinski definition) is 2. The van der Waals surface area contributed by atoms with Crippen molar-refractivity contribution in [2.45, 2.75) is 32.9 Å². The van der Waals surface area contributed by atoms with Crippen molar-refractivity contribution in [1.29, 1.82) is 0 Å². The molecule has 10 heteroatoms. The highest BCUT2D eigenvalue weighted by molar-refractivity contribution is 7.11. The van der Waals surface area contributed by atoms with Gasteiger partial charge in [0.05, 0.1) is 15.7 Å². The highest BCUT2D eigenvalue weighted by Gasteiger charge is 2.33. The third-order valence-corrected chi connectivity index (χ3v) is 5.44. The molecule has 138 valence electrons. The predicted octanol–water partition coefficient (Wildman–Crippen LogP) is 3.19. The van der Waals surface area contributed by atoms with Gasteiger partial charge in [-0.1, -0.05) is 0 Å². The second-order valence-corrected chi connectivity index (χ2v) is 7.53. The summed E-state index contributed by atoms with van der Waals surface area (Å²) in [5.74, 6) is 0.609. The van der Waals surface area contributed by atoms with Gasteiger partial charge in [-0.25, -0.2) is 9.97 Å². The van der Waals surface area contributed by atoms with E-state index in [9.17, 15) is 13.2 Å². The molecule has 0 atom stereocenters. The summed E-state index contributed by atoms with van der Waals surface area (Å²) in [6.07, 6.45) is -3.18. The Balaban J connectivity index is 1.72. The molecule has 2 N–H and O–H groups in total. The Kier molecular flexibility index (Phi) is 6.77. The van der Waals surface area contributed by atoms with Crippen molar-refractivity contribution in [3.8, 4) is 0 Å². The van der Waals surface area contributed by atoms with E-state index in [4.69, 9.17) is 0 Å². The fourth-order valence-electron chi connectivity index (χ4n) is 2.00. The first-order valence-corrected chi connectivity index (χ1v) is 9.38. The molecule has 2 aromatic heterocycles. The average molecular weight is 391 g/mol. The van der Waals surface area contributed by atoms with Gasteiger partial charge in [0.2, 0.25) is 0 Å². The number of aromatic nitrogens is 2. The zero-order chi connectivity index (χ0) is 18.4. The summed E-state index contributed by atoms with van der Waals surface area (Å²) in [6.45, 7) is 5.18. The minimum absolute atomic E-state index is 0.409. The van der Waals surface area contributed by atoms with Crippen molar-refractivity contribution in [3.05, 3.63) is 31.7 Å². The Morgan fingerprint density at radius 1 is 1.12 bits per heavy atom. The number of thiazole rings is 2. The number of guanidine groups is 1. The summed E-state index contributed by atoms with van der Waals surface area (Å²) >= 11 is 2.70. The van der Waals surface area contributed by atoms with Crippen LogP contribution < -0.4 is 10.6 Å². The number of aryl methyl sites for hydroxylation is 2. The molecule has 25 heavy (non-hydrogen) atoms. The van der Waals surface area contributed by atoms with Gasteiger partial charge in [-0.05, 0) is 13.8 Å². The number of halogens is 3. The Labute approximate surface area is 152 Å². The number of aliphatic imine (C=N–C) groups is 1. The van der Waals surface area contributed by atoms with Crippen molar-refractivity contribution in [3.63, 3.8) is 0 Å². The van der Waals surface area contributed by atoms with Crippen LogP contribution >= 0.6 is 22.7 Å². The summed E-state index contributed by atoms with van der Waals surface area (Å²) in [5.41, 5.74) is 0.230. The summed E-state index contributed by atoms with van der Waals surface area (Å²) < 4.78 is 37.5. The second kappa shape index (κ2) is 8.61. The first kappa shape index (κ1) is 19.6. The molecular weight excluding hydrogens is 371 g/mol. The van der Waals surface area contributed by atoms with E-state index in [-0.39, 0.29) is 0 Å². The molecule has 2 rings (SSSR count). The van der Waals surface area contributed by atoms with E-state index in [0.29, 0.717) is 30.5 Å². The van der Waals surface area contributed by atoms with Crippen LogP contribution in [0.25, 0.3) is 0 Å². The van der Waals surface area contributed by atoms with Gasteiger partial charge in [-0.15, -0.1) is 22.7 Å². The van der Waals surface area contributed by atoms with Crippen molar-refractivity contribution in [1.82, 2.24) is 20.6 Å². The number of alkyl halides is 3. The minimum atomic E-state index is -4.38. The lowest BCUT2D eigenvalue weighted by Crippen LogP contribution is -2.39. The molecular formula is C15H20F3N5S2. The first-order chi connectivity index (χ1) is 11.8. The van der Waals surface area contributed by atoms with Gasteiger partial charge in [0.1, 0.15) is 0 Å². The quantitative estimate of drug-likeness (QED) is 0.586. The van der Waals surface area contributed by atoms with E-state index in [0.717, 1.165) is 33.8 Å². The molecule has 0 unspecified atom stereocenters. The van der Waals surface area contributed by atoms with Crippen molar-refractivity contribution < 1.29 is 13.2 Å².